The van der Waals surface area contributed by atoms with Gasteiger partial charge in [0.25, 0.3) is 17.2 Å². The van der Waals surface area contributed by atoms with Gasteiger partial charge < -0.3 is 5.11 Å². The molecule has 2 heterocycles. The molecule has 1 fully saturated rings. The molecule has 3 aromatic rings. The maximum Gasteiger partial charge on any atom is 0.301 e. The van der Waals surface area contributed by atoms with E-state index in [1.807, 2.05) is 0 Å². The van der Waals surface area contributed by atoms with E-state index >= 15 is 0 Å². The average Bonchev–Trinajstić information content (AvgIpc) is 3.40. The number of aliphatic hydroxyl groups excluding tert-OH is 1. The third-order valence-corrected chi connectivity index (χ3v) is 5.61. The minimum Gasteiger partial charge on any atom is -0.507 e. The van der Waals surface area contributed by atoms with E-state index in [-0.39, 0.29) is 27.6 Å². The Morgan fingerprint density at radius 2 is 1.53 bits per heavy atom. The fraction of sp³-hybridized carbons (Fsp3) is 0.0500. The van der Waals surface area contributed by atoms with Crippen LogP contribution in [0.15, 0.2) is 65.7 Å². The summed E-state index contributed by atoms with van der Waals surface area (Å²) in [4.78, 5) is 51.7. The molecule has 1 saturated heterocycles. The van der Waals surface area contributed by atoms with Gasteiger partial charge in [-0.3, -0.25) is 34.7 Å². The third-order valence-electron chi connectivity index (χ3n) is 4.84. The van der Waals surface area contributed by atoms with Crippen LogP contribution in [0.25, 0.3) is 5.76 Å². The van der Waals surface area contributed by atoms with Crippen molar-refractivity contribution in [2.75, 3.05) is 4.90 Å². The SMILES string of the molecule is O=C1C(=O)N(c2nccs2)[C@H](c2ccc([N+](=O)[O-])cc2)C1=C(O)c1ccc([N+](=O)[O-])cc1. The Morgan fingerprint density at radius 3 is 2.03 bits per heavy atom. The van der Waals surface area contributed by atoms with Crippen molar-refractivity contribution in [1.82, 2.24) is 4.98 Å². The number of non-ortho nitro benzene ring substituents is 2. The number of nitrogens with zero attached hydrogens (tertiary/aromatic N) is 4. The van der Waals surface area contributed by atoms with Crippen LogP contribution in [-0.2, 0) is 9.59 Å². The van der Waals surface area contributed by atoms with Crippen LogP contribution in [0.4, 0.5) is 16.5 Å². The molecule has 11 nitrogen and oxygen atoms in total. The molecule has 4 rings (SSSR count). The smallest absolute Gasteiger partial charge is 0.301 e. The molecule has 1 aliphatic heterocycles. The summed E-state index contributed by atoms with van der Waals surface area (Å²) in [6, 6.07) is 8.97. The molecule has 1 amide bonds. The Labute approximate surface area is 183 Å². The van der Waals surface area contributed by atoms with Crippen molar-refractivity contribution in [1.29, 1.82) is 0 Å². The van der Waals surface area contributed by atoms with Gasteiger partial charge in [0, 0.05) is 41.4 Å². The van der Waals surface area contributed by atoms with Crippen LogP contribution in [0.3, 0.4) is 0 Å². The number of thiazole rings is 1. The molecular formula is C20H12N4O7S. The number of nitro groups is 2. The Kier molecular flexibility index (Phi) is 5.20. The molecule has 1 aliphatic rings. The first kappa shape index (κ1) is 20.8. The van der Waals surface area contributed by atoms with E-state index in [0.717, 1.165) is 28.4 Å². The first-order chi connectivity index (χ1) is 15.3. The van der Waals surface area contributed by atoms with E-state index in [9.17, 15) is 34.9 Å². The van der Waals surface area contributed by atoms with Crippen molar-refractivity contribution in [3.63, 3.8) is 0 Å². The molecule has 0 aliphatic carbocycles. The molecule has 0 unspecified atom stereocenters. The number of Topliss-reactive ketones (excluding diaryl/α,β-unsaturated/α-hetero) is 1. The van der Waals surface area contributed by atoms with Crippen molar-refractivity contribution in [2.45, 2.75) is 6.04 Å². The predicted octanol–water partition coefficient (Wildman–Crippen LogP) is 3.59. The van der Waals surface area contributed by atoms with E-state index in [2.05, 4.69) is 4.98 Å². The molecule has 12 heteroatoms. The first-order valence-corrected chi connectivity index (χ1v) is 9.87. The van der Waals surface area contributed by atoms with Gasteiger partial charge in [-0.05, 0) is 29.8 Å². The van der Waals surface area contributed by atoms with Gasteiger partial charge in [-0.1, -0.05) is 0 Å². The average molecular weight is 452 g/mol. The van der Waals surface area contributed by atoms with E-state index in [1.54, 1.807) is 5.38 Å². The summed E-state index contributed by atoms with van der Waals surface area (Å²) in [5, 5.41) is 34.6. The third kappa shape index (κ3) is 3.48. The van der Waals surface area contributed by atoms with Crippen molar-refractivity contribution in [3.05, 3.63) is 97.0 Å². The van der Waals surface area contributed by atoms with Gasteiger partial charge in [-0.25, -0.2) is 4.98 Å². The number of amides is 1. The normalized spacial score (nSPS) is 17.5. The summed E-state index contributed by atoms with van der Waals surface area (Å²) in [5.41, 5.74) is -0.215. The lowest BCUT2D eigenvalue weighted by Crippen LogP contribution is -2.29. The molecule has 160 valence electrons. The van der Waals surface area contributed by atoms with Gasteiger partial charge in [0.2, 0.25) is 0 Å². The fourth-order valence-electron chi connectivity index (χ4n) is 3.35. The molecule has 0 bridgehead atoms. The molecule has 0 radical (unpaired) electrons. The number of carbonyl (C=O) groups is 2. The fourth-order valence-corrected chi connectivity index (χ4v) is 4.02. The number of hydrogen-bond acceptors (Lipinski definition) is 9. The van der Waals surface area contributed by atoms with Crippen LogP contribution in [-0.4, -0.2) is 31.6 Å². The van der Waals surface area contributed by atoms with Crippen molar-refractivity contribution in [2.24, 2.45) is 0 Å². The minimum absolute atomic E-state index is 0.0969. The highest BCUT2D eigenvalue weighted by molar-refractivity contribution is 7.14. The van der Waals surface area contributed by atoms with Crippen LogP contribution >= 0.6 is 11.3 Å². The van der Waals surface area contributed by atoms with Crippen LogP contribution in [0.2, 0.25) is 0 Å². The highest BCUT2D eigenvalue weighted by Gasteiger charge is 2.48. The molecule has 0 saturated carbocycles. The highest BCUT2D eigenvalue weighted by atomic mass is 32.1. The van der Waals surface area contributed by atoms with Crippen LogP contribution in [0.5, 0.6) is 0 Å². The Morgan fingerprint density at radius 1 is 0.969 bits per heavy atom. The first-order valence-electron chi connectivity index (χ1n) is 8.99. The monoisotopic (exact) mass is 452 g/mol. The van der Waals surface area contributed by atoms with E-state index in [4.69, 9.17) is 0 Å². The second-order valence-electron chi connectivity index (χ2n) is 6.64. The largest absolute Gasteiger partial charge is 0.507 e. The number of carbonyl (C=O) groups excluding carboxylic acids is 2. The lowest BCUT2D eigenvalue weighted by Gasteiger charge is -2.22. The maximum atomic E-state index is 12.9. The number of hydrogen-bond donors (Lipinski definition) is 1. The summed E-state index contributed by atoms with van der Waals surface area (Å²) in [7, 11) is 0. The summed E-state index contributed by atoms with van der Waals surface area (Å²) in [6.45, 7) is 0. The number of benzene rings is 2. The standard InChI is InChI=1S/C20H12N4O7S/c25-17(12-3-7-14(8-4-12)24(30)31)15-16(11-1-5-13(6-2-11)23(28)29)22(19(27)18(15)26)20-21-9-10-32-20/h1-10,16,25H/t16-/m1/s1. The zero-order valence-electron chi connectivity index (χ0n) is 15.9. The molecule has 0 spiro atoms. The minimum atomic E-state index is -1.10. The van der Waals surface area contributed by atoms with Gasteiger partial charge in [-0.2, -0.15) is 0 Å². The van der Waals surface area contributed by atoms with Gasteiger partial charge in [0.15, 0.2) is 5.13 Å². The van der Waals surface area contributed by atoms with Gasteiger partial charge in [0.1, 0.15) is 5.76 Å². The molecule has 1 aromatic heterocycles. The number of aliphatic hydroxyl groups is 1. The second kappa shape index (κ2) is 8.00. The number of aromatic nitrogens is 1. The summed E-state index contributed by atoms with van der Waals surface area (Å²) < 4.78 is 0. The maximum absolute atomic E-state index is 12.9. The van der Waals surface area contributed by atoms with E-state index < -0.39 is 33.3 Å². The predicted molar refractivity (Wildman–Crippen MR) is 113 cm³/mol. The Bertz CT molecular complexity index is 1270. The van der Waals surface area contributed by atoms with Crippen LogP contribution in [0, 0.1) is 20.2 Å². The zero-order valence-corrected chi connectivity index (χ0v) is 16.8. The molecule has 2 aromatic carbocycles. The Hall–Kier alpha value is -4.45. The van der Waals surface area contributed by atoms with Gasteiger partial charge in [0.05, 0.1) is 21.5 Å². The number of nitro benzene ring substituents is 2. The highest BCUT2D eigenvalue weighted by Crippen LogP contribution is 2.43. The molecular weight excluding hydrogens is 440 g/mol. The molecule has 32 heavy (non-hydrogen) atoms. The summed E-state index contributed by atoms with van der Waals surface area (Å²) in [6.07, 6.45) is 1.45. The van der Waals surface area contributed by atoms with Gasteiger partial charge >= 0.3 is 5.91 Å². The topological polar surface area (TPSA) is 157 Å². The van der Waals surface area contributed by atoms with Crippen LogP contribution < -0.4 is 4.90 Å². The number of ketones is 1. The molecule has 1 atom stereocenters. The number of rotatable bonds is 5. The zero-order chi connectivity index (χ0) is 23.0. The lowest BCUT2D eigenvalue weighted by atomic mass is 9.95. The van der Waals surface area contributed by atoms with Crippen molar-refractivity contribution in [3.8, 4) is 0 Å². The van der Waals surface area contributed by atoms with Crippen LogP contribution in [0.1, 0.15) is 17.2 Å². The quantitative estimate of drug-likeness (QED) is 0.202. The van der Waals surface area contributed by atoms with E-state index in [0.29, 0.717) is 5.56 Å². The summed E-state index contributed by atoms with van der Waals surface area (Å²) >= 11 is 1.10. The lowest BCUT2D eigenvalue weighted by molar-refractivity contribution is -0.385. The molecule has 1 N–H and O–H groups in total. The number of anilines is 1. The second-order valence-corrected chi connectivity index (χ2v) is 7.51. The van der Waals surface area contributed by atoms with Crippen molar-refractivity contribution >= 4 is 45.3 Å². The van der Waals surface area contributed by atoms with E-state index in [1.165, 1.54) is 42.6 Å². The van der Waals surface area contributed by atoms with Gasteiger partial charge in [-0.15, -0.1) is 11.3 Å². The Balaban J connectivity index is 1.89. The van der Waals surface area contributed by atoms with Crippen molar-refractivity contribution < 1.29 is 24.5 Å². The summed E-state index contributed by atoms with van der Waals surface area (Å²) in [5.74, 6) is -2.42.